The minimum atomic E-state index is -3.77. The second-order valence-corrected chi connectivity index (χ2v) is 10.9. The normalized spacial score (nSPS) is 18.9. The molecule has 0 spiro atoms. The fraction of sp³-hybridized carbons (Fsp3) is 0.385. The van der Waals surface area contributed by atoms with Crippen molar-refractivity contribution in [1.82, 2.24) is 9.21 Å². The third-order valence-electron chi connectivity index (χ3n) is 6.83. The van der Waals surface area contributed by atoms with E-state index in [1.807, 2.05) is 24.3 Å². The molecule has 2 aromatic rings. The lowest BCUT2D eigenvalue weighted by atomic mass is 9.87. The minimum Gasteiger partial charge on any atom is -0.379 e. The summed E-state index contributed by atoms with van der Waals surface area (Å²) in [5, 5.41) is 0. The first-order chi connectivity index (χ1) is 16.4. The highest BCUT2D eigenvalue weighted by molar-refractivity contribution is 7.89. The summed E-state index contributed by atoms with van der Waals surface area (Å²) in [6.07, 6.45) is 3.11. The number of sulfonamides is 1. The number of carbonyl (C=O) groups is 2. The summed E-state index contributed by atoms with van der Waals surface area (Å²) in [6.45, 7) is 4.58. The largest absolute Gasteiger partial charge is 0.379 e. The minimum absolute atomic E-state index is 0.0911. The van der Waals surface area contributed by atoms with Crippen LogP contribution in [0, 0.1) is 0 Å². The highest BCUT2D eigenvalue weighted by Crippen LogP contribution is 2.31. The molecule has 0 saturated carbocycles. The van der Waals surface area contributed by atoms with Crippen molar-refractivity contribution in [1.29, 1.82) is 0 Å². The van der Waals surface area contributed by atoms with Crippen LogP contribution in [-0.2, 0) is 39.1 Å². The lowest BCUT2D eigenvalue weighted by Gasteiger charge is -2.26. The van der Waals surface area contributed by atoms with Gasteiger partial charge in [0.25, 0.3) is 0 Å². The van der Waals surface area contributed by atoms with Crippen molar-refractivity contribution in [2.24, 2.45) is 0 Å². The molecule has 1 saturated heterocycles. The number of fused-ring (bicyclic) bond motifs is 2. The highest BCUT2D eigenvalue weighted by atomic mass is 32.2. The van der Waals surface area contributed by atoms with Crippen molar-refractivity contribution >= 4 is 21.6 Å². The Morgan fingerprint density at radius 2 is 1.68 bits per heavy atom. The third-order valence-corrected chi connectivity index (χ3v) is 8.62. The summed E-state index contributed by atoms with van der Waals surface area (Å²) in [5.41, 5.74) is 3.23. The quantitative estimate of drug-likeness (QED) is 0.567. The molecule has 2 aliphatic heterocycles. The Hall–Kier alpha value is -2.65. The average molecular weight is 481 g/mol. The van der Waals surface area contributed by atoms with Gasteiger partial charge in [0.05, 0.1) is 23.7 Å². The van der Waals surface area contributed by atoms with Gasteiger partial charge in [0.15, 0.2) is 11.6 Å². The Balaban J connectivity index is 1.28. The van der Waals surface area contributed by atoms with E-state index in [-0.39, 0.29) is 22.0 Å². The van der Waals surface area contributed by atoms with Crippen LogP contribution in [0.15, 0.2) is 59.0 Å². The number of benzene rings is 2. The molecule has 0 amide bonds. The predicted octanol–water partition coefficient (Wildman–Crippen LogP) is 2.74. The zero-order valence-corrected chi connectivity index (χ0v) is 19.9. The second kappa shape index (κ2) is 9.54. The Kier molecular flexibility index (Phi) is 6.48. The van der Waals surface area contributed by atoms with Crippen molar-refractivity contribution in [2.45, 2.75) is 37.2 Å². The molecule has 0 aromatic heterocycles. The molecule has 7 nitrogen and oxygen atoms in total. The van der Waals surface area contributed by atoms with Crippen LogP contribution in [0.1, 0.15) is 39.9 Å². The van der Waals surface area contributed by atoms with E-state index in [0.29, 0.717) is 51.1 Å². The van der Waals surface area contributed by atoms with Crippen molar-refractivity contribution in [3.8, 4) is 0 Å². The molecule has 3 aliphatic rings. The van der Waals surface area contributed by atoms with Crippen LogP contribution in [0.4, 0.5) is 0 Å². The van der Waals surface area contributed by atoms with E-state index in [1.54, 1.807) is 18.2 Å². The maximum absolute atomic E-state index is 13.3. The van der Waals surface area contributed by atoms with Crippen molar-refractivity contribution in [3.63, 3.8) is 0 Å². The molecular weight excluding hydrogens is 452 g/mol. The van der Waals surface area contributed by atoms with Crippen LogP contribution < -0.4 is 0 Å². The van der Waals surface area contributed by atoms with Gasteiger partial charge in [-0.2, -0.15) is 4.31 Å². The molecule has 0 N–H and O–H groups in total. The van der Waals surface area contributed by atoms with E-state index in [9.17, 15) is 18.0 Å². The third kappa shape index (κ3) is 4.51. The molecule has 0 atom stereocenters. The first kappa shape index (κ1) is 23.1. The topological polar surface area (TPSA) is 84.0 Å². The summed E-state index contributed by atoms with van der Waals surface area (Å²) in [6, 6.07) is 12.4. The van der Waals surface area contributed by atoms with Crippen LogP contribution in [-0.4, -0.2) is 62.0 Å². The molecule has 0 radical (unpaired) electrons. The number of ether oxygens (including phenoxy) is 1. The molecule has 1 aliphatic carbocycles. The van der Waals surface area contributed by atoms with Crippen LogP contribution in [0.2, 0.25) is 0 Å². The number of allylic oxidation sites excluding steroid dienone is 2. The molecule has 5 rings (SSSR count). The van der Waals surface area contributed by atoms with Gasteiger partial charge < -0.3 is 4.74 Å². The number of morpholine rings is 1. The maximum atomic E-state index is 13.3. The molecule has 8 heteroatoms. The number of ketones is 2. The summed E-state index contributed by atoms with van der Waals surface area (Å²) in [7, 11) is -3.77. The van der Waals surface area contributed by atoms with Crippen molar-refractivity contribution in [2.75, 3.05) is 32.8 Å². The summed E-state index contributed by atoms with van der Waals surface area (Å²) < 4.78 is 33.4. The van der Waals surface area contributed by atoms with E-state index < -0.39 is 10.0 Å². The molecule has 1 fully saturated rings. The Bertz CT molecular complexity index is 1240. The predicted molar refractivity (Wildman–Crippen MR) is 127 cm³/mol. The zero-order valence-electron chi connectivity index (χ0n) is 19.0. The fourth-order valence-corrected chi connectivity index (χ4v) is 6.26. The monoisotopic (exact) mass is 480 g/mol. The van der Waals surface area contributed by atoms with Gasteiger partial charge in [0, 0.05) is 38.2 Å². The number of hydrogen-bond donors (Lipinski definition) is 0. The Morgan fingerprint density at radius 1 is 0.971 bits per heavy atom. The van der Waals surface area contributed by atoms with Gasteiger partial charge in [-0.1, -0.05) is 36.4 Å². The SMILES string of the molecule is O=C(CCCN1CCOCC1)C1=CCc2ccc(S(=O)(=O)N3Cc4ccccc4C3)cc2C1=O. The van der Waals surface area contributed by atoms with Crippen LogP contribution >= 0.6 is 0 Å². The van der Waals surface area contributed by atoms with Gasteiger partial charge in [-0.15, -0.1) is 0 Å². The second-order valence-electron chi connectivity index (χ2n) is 8.99. The van der Waals surface area contributed by atoms with Gasteiger partial charge in [0.1, 0.15) is 0 Å². The van der Waals surface area contributed by atoms with Gasteiger partial charge in [-0.25, -0.2) is 8.42 Å². The first-order valence-corrected chi connectivity index (χ1v) is 13.2. The fourth-order valence-electron chi connectivity index (χ4n) is 4.84. The average Bonchev–Trinajstić information content (AvgIpc) is 3.30. The lowest BCUT2D eigenvalue weighted by molar-refractivity contribution is -0.115. The molecule has 2 heterocycles. The summed E-state index contributed by atoms with van der Waals surface area (Å²) in [5.74, 6) is -0.549. The number of carbonyl (C=O) groups excluding carboxylic acids is 2. The van der Waals surface area contributed by atoms with E-state index in [2.05, 4.69) is 4.90 Å². The molecule has 0 bridgehead atoms. The van der Waals surface area contributed by atoms with Crippen molar-refractivity contribution in [3.05, 3.63) is 76.4 Å². The smallest absolute Gasteiger partial charge is 0.243 e. The lowest BCUT2D eigenvalue weighted by Crippen LogP contribution is -2.37. The molecule has 2 aromatic carbocycles. The number of hydrogen-bond acceptors (Lipinski definition) is 6. The van der Waals surface area contributed by atoms with E-state index in [0.717, 1.165) is 36.3 Å². The Labute approximate surface area is 200 Å². The van der Waals surface area contributed by atoms with E-state index >= 15 is 0 Å². The van der Waals surface area contributed by atoms with E-state index in [1.165, 1.54) is 10.4 Å². The Morgan fingerprint density at radius 3 is 2.38 bits per heavy atom. The van der Waals surface area contributed by atoms with E-state index in [4.69, 9.17) is 4.74 Å². The van der Waals surface area contributed by atoms with Gasteiger partial charge in [-0.05, 0) is 48.2 Å². The number of nitrogens with zero attached hydrogens (tertiary/aromatic N) is 2. The zero-order chi connectivity index (χ0) is 23.7. The summed E-state index contributed by atoms with van der Waals surface area (Å²) in [4.78, 5) is 28.3. The molecule has 0 unspecified atom stereocenters. The van der Waals surface area contributed by atoms with Crippen LogP contribution in [0.5, 0.6) is 0 Å². The van der Waals surface area contributed by atoms with Crippen LogP contribution in [0.3, 0.4) is 0 Å². The first-order valence-electron chi connectivity index (χ1n) is 11.7. The highest BCUT2D eigenvalue weighted by Gasteiger charge is 2.32. The molecule has 34 heavy (non-hydrogen) atoms. The maximum Gasteiger partial charge on any atom is 0.243 e. The van der Waals surface area contributed by atoms with Crippen LogP contribution in [0.25, 0.3) is 0 Å². The summed E-state index contributed by atoms with van der Waals surface area (Å²) >= 11 is 0. The van der Waals surface area contributed by atoms with Gasteiger partial charge >= 0.3 is 0 Å². The standard InChI is InChI=1S/C26H28N2O5S/c29-25(6-3-11-27-12-14-33-15-13-27)23-10-8-19-7-9-22(16-24(19)26(23)30)34(31,32)28-17-20-4-1-2-5-21(20)18-28/h1-2,4-5,7,9-10,16H,3,6,8,11-15,17-18H2. The van der Waals surface area contributed by atoms with Gasteiger partial charge in [-0.3, -0.25) is 14.5 Å². The molecular formula is C26H28N2O5S. The molecule has 178 valence electrons. The van der Waals surface area contributed by atoms with Crippen molar-refractivity contribution < 1.29 is 22.7 Å². The number of rotatable bonds is 7. The van der Waals surface area contributed by atoms with Gasteiger partial charge in [0.2, 0.25) is 10.0 Å². The number of Topliss-reactive ketones (excluding diaryl/α,β-unsaturated/α-hetero) is 2.